The molecule has 0 aliphatic heterocycles. The molecule has 138 valence electrons. The van der Waals surface area contributed by atoms with E-state index in [0.717, 1.165) is 16.2 Å². The second-order valence-electron chi connectivity index (χ2n) is 6.09. The van der Waals surface area contributed by atoms with Crippen molar-refractivity contribution in [3.8, 4) is 5.75 Å². The summed E-state index contributed by atoms with van der Waals surface area (Å²) in [6.07, 6.45) is 0. The SMILES string of the molecule is COc1ccc(C(=O)Nc2cccc(F)c2)cc1CSc1ccc(C)cc1. The fraction of sp³-hybridized carbons (Fsp3) is 0.136. The highest BCUT2D eigenvalue weighted by Crippen LogP contribution is 2.29. The Kier molecular flexibility index (Phi) is 6.14. The van der Waals surface area contributed by atoms with Gasteiger partial charge in [0.1, 0.15) is 11.6 Å². The van der Waals surface area contributed by atoms with Crippen LogP contribution in [-0.4, -0.2) is 13.0 Å². The van der Waals surface area contributed by atoms with E-state index in [1.165, 1.54) is 17.7 Å². The number of nitrogens with one attached hydrogen (secondary N) is 1. The molecule has 27 heavy (non-hydrogen) atoms. The van der Waals surface area contributed by atoms with Crippen molar-refractivity contribution < 1.29 is 13.9 Å². The molecule has 0 aliphatic carbocycles. The summed E-state index contributed by atoms with van der Waals surface area (Å²) >= 11 is 1.68. The zero-order valence-electron chi connectivity index (χ0n) is 15.2. The number of amides is 1. The van der Waals surface area contributed by atoms with Gasteiger partial charge in [0.25, 0.3) is 5.91 Å². The Hall–Kier alpha value is -2.79. The van der Waals surface area contributed by atoms with Crippen LogP contribution in [0.25, 0.3) is 0 Å². The van der Waals surface area contributed by atoms with Crippen LogP contribution in [0.3, 0.4) is 0 Å². The molecule has 3 aromatic rings. The standard InChI is InChI=1S/C22H20FNO2S/c1-15-6-9-20(10-7-15)27-14-17-12-16(8-11-21(17)26-2)22(25)24-19-5-3-4-18(23)13-19/h3-13H,14H2,1-2H3,(H,24,25). The Morgan fingerprint density at radius 3 is 2.56 bits per heavy atom. The van der Waals surface area contributed by atoms with Crippen molar-refractivity contribution in [2.75, 3.05) is 12.4 Å². The molecular weight excluding hydrogens is 361 g/mol. The molecule has 0 aliphatic rings. The van der Waals surface area contributed by atoms with Crippen molar-refractivity contribution in [3.63, 3.8) is 0 Å². The van der Waals surface area contributed by atoms with Crippen LogP contribution in [0.4, 0.5) is 10.1 Å². The van der Waals surface area contributed by atoms with Gasteiger partial charge in [0.2, 0.25) is 0 Å². The van der Waals surface area contributed by atoms with Crippen molar-refractivity contribution >= 4 is 23.4 Å². The van der Waals surface area contributed by atoms with Crippen LogP contribution in [0.1, 0.15) is 21.5 Å². The molecule has 0 aromatic heterocycles. The molecule has 0 fully saturated rings. The first-order chi connectivity index (χ1) is 13.0. The molecule has 0 spiro atoms. The molecular formula is C22H20FNO2S. The summed E-state index contributed by atoms with van der Waals surface area (Å²) in [5.74, 6) is 0.729. The van der Waals surface area contributed by atoms with Gasteiger partial charge in [-0.25, -0.2) is 4.39 Å². The number of aryl methyl sites for hydroxylation is 1. The lowest BCUT2D eigenvalue weighted by Crippen LogP contribution is -2.12. The van der Waals surface area contributed by atoms with Crippen LogP contribution in [0, 0.1) is 12.7 Å². The van der Waals surface area contributed by atoms with E-state index in [0.29, 0.717) is 17.0 Å². The number of thioether (sulfide) groups is 1. The van der Waals surface area contributed by atoms with Crippen molar-refractivity contribution in [2.24, 2.45) is 0 Å². The number of hydrogen-bond donors (Lipinski definition) is 1. The van der Waals surface area contributed by atoms with Crippen molar-refractivity contribution in [2.45, 2.75) is 17.6 Å². The van der Waals surface area contributed by atoms with E-state index in [9.17, 15) is 9.18 Å². The lowest BCUT2D eigenvalue weighted by molar-refractivity contribution is 0.102. The number of halogens is 1. The summed E-state index contributed by atoms with van der Waals surface area (Å²) in [4.78, 5) is 13.7. The number of ether oxygens (including phenoxy) is 1. The fourth-order valence-corrected chi connectivity index (χ4v) is 3.47. The molecule has 0 unspecified atom stereocenters. The van der Waals surface area contributed by atoms with E-state index in [1.54, 1.807) is 43.1 Å². The van der Waals surface area contributed by atoms with Crippen LogP contribution in [-0.2, 0) is 5.75 Å². The molecule has 3 rings (SSSR count). The number of hydrogen-bond acceptors (Lipinski definition) is 3. The Balaban J connectivity index is 1.75. The van der Waals surface area contributed by atoms with Gasteiger partial charge in [0, 0.05) is 27.5 Å². The zero-order chi connectivity index (χ0) is 19.2. The minimum absolute atomic E-state index is 0.287. The zero-order valence-corrected chi connectivity index (χ0v) is 16.0. The average Bonchev–Trinajstić information content (AvgIpc) is 2.67. The lowest BCUT2D eigenvalue weighted by Gasteiger charge is -2.11. The summed E-state index contributed by atoms with van der Waals surface area (Å²) in [6, 6.07) is 19.4. The predicted octanol–water partition coefficient (Wildman–Crippen LogP) is 5.69. The lowest BCUT2D eigenvalue weighted by atomic mass is 10.1. The first-order valence-corrected chi connectivity index (χ1v) is 9.47. The summed E-state index contributed by atoms with van der Waals surface area (Å²) in [7, 11) is 1.61. The Bertz CT molecular complexity index is 941. The normalized spacial score (nSPS) is 10.5. The quantitative estimate of drug-likeness (QED) is 0.558. The van der Waals surface area contributed by atoms with Gasteiger partial charge in [-0.1, -0.05) is 23.8 Å². The van der Waals surface area contributed by atoms with Gasteiger partial charge in [-0.3, -0.25) is 4.79 Å². The first kappa shape index (κ1) is 19.0. The second-order valence-corrected chi connectivity index (χ2v) is 7.14. The van der Waals surface area contributed by atoms with Crippen molar-refractivity contribution in [3.05, 3.63) is 89.2 Å². The third-order valence-corrected chi connectivity index (χ3v) is 5.10. The van der Waals surface area contributed by atoms with Gasteiger partial charge in [-0.05, 0) is 55.5 Å². The summed E-state index contributed by atoms with van der Waals surface area (Å²) in [6.45, 7) is 2.05. The molecule has 0 heterocycles. The van der Waals surface area contributed by atoms with Gasteiger partial charge < -0.3 is 10.1 Å². The number of carbonyl (C=O) groups excluding carboxylic acids is 1. The number of carbonyl (C=O) groups is 1. The maximum absolute atomic E-state index is 13.3. The Labute approximate surface area is 162 Å². The van der Waals surface area contributed by atoms with E-state index in [-0.39, 0.29) is 5.91 Å². The van der Waals surface area contributed by atoms with Crippen molar-refractivity contribution in [1.82, 2.24) is 0 Å². The van der Waals surface area contributed by atoms with E-state index in [1.807, 2.05) is 6.07 Å². The molecule has 0 saturated heterocycles. The molecule has 3 nitrogen and oxygen atoms in total. The van der Waals surface area contributed by atoms with E-state index in [2.05, 4.69) is 36.5 Å². The predicted molar refractivity (Wildman–Crippen MR) is 108 cm³/mol. The van der Waals surface area contributed by atoms with Crippen LogP contribution >= 0.6 is 11.8 Å². The Morgan fingerprint density at radius 2 is 1.85 bits per heavy atom. The number of anilines is 1. The maximum Gasteiger partial charge on any atom is 0.255 e. The molecule has 0 saturated carbocycles. The molecule has 5 heteroatoms. The number of benzene rings is 3. The third-order valence-electron chi connectivity index (χ3n) is 4.04. The average molecular weight is 381 g/mol. The highest BCUT2D eigenvalue weighted by molar-refractivity contribution is 7.98. The Morgan fingerprint density at radius 1 is 1.07 bits per heavy atom. The van der Waals surface area contributed by atoms with E-state index >= 15 is 0 Å². The van der Waals surface area contributed by atoms with Gasteiger partial charge in [0.05, 0.1) is 7.11 Å². The highest BCUT2D eigenvalue weighted by atomic mass is 32.2. The van der Waals surface area contributed by atoms with E-state index in [4.69, 9.17) is 4.74 Å². The molecule has 3 aromatic carbocycles. The van der Waals surface area contributed by atoms with E-state index < -0.39 is 5.82 Å². The molecule has 0 bridgehead atoms. The third kappa shape index (κ3) is 5.11. The minimum atomic E-state index is -0.391. The van der Waals surface area contributed by atoms with Crippen LogP contribution in [0.15, 0.2) is 71.6 Å². The summed E-state index contributed by atoms with van der Waals surface area (Å²) < 4.78 is 18.7. The largest absolute Gasteiger partial charge is 0.496 e. The van der Waals surface area contributed by atoms with Gasteiger partial charge in [-0.15, -0.1) is 11.8 Å². The van der Waals surface area contributed by atoms with Crippen LogP contribution < -0.4 is 10.1 Å². The molecule has 0 radical (unpaired) electrons. The van der Waals surface area contributed by atoms with Crippen molar-refractivity contribution in [1.29, 1.82) is 0 Å². The first-order valence-electron chi connectivity index (χ1n) is 8.48. The minimum Gasteiger partial charge on any atom is -0.496 e. The topological polar surface area (TPSA) is 38.3 Å². The van der Waals surface area contributed by atoms with Crippen LogP contribution in [0.2, 0.25) is 0 Å². The fourth-order valence-electron chi connectivity index (χ4n) is 2.60. The monoisotopic (exact) mass is 381 g/mol. The van der Waals surface area contributed by atoms with Gasteiger partial charge in [0.15, 0.2) is 0 Å². The maximum atomic E-state index is 13.3. The summed E-state index contributed by atoms with van der Waals surface area (Å²) in [5, 5.41) is 2.72. The molecule has 0 atom stereocenters. The molecule has 1 N–H and O–H groups in total. The smallest absolute Gasteiger partial charge is 0.255 e. The van der Waals surface area contributed by atoms with Gasteiger partial charge in [-0.2, -0.15) is 0 Å². The molecule has 1 amide bonds. The highest BCUT2D eigenvalue weighted by Gasteiger charge is 2.11. The van der Waals surface area contributed by atoms with Gasteiger partial charge >= 0.3 is 0 Å². The number of rotatable bonds is 6. The second kappa shape index (κ2) is 8.73. The summed E-state index contributed by atoms with van der Waals surface area (Å²) in [5.41, 5.74) is 3.06. The number of methoxy groups -OCH3 is 1. The van der Waals surface area contributed by atoms with Crippen LogP contribution in [0.5, 0.6) is 5.75 Å².